The lowest BCUT2D eigenvalue weighted by atomic mass is 10.1. The molecule has 2 aliphatic heterocycles. The first-order valence-corrected chi connectivity index (χ1v) is 7.88. The van der Waals surface area contributed by atoms with Gasteiger partial charge in [0.1, 0.15) is 0 Å². The molecule has 2 heterocycles. The molecule has 18 heavy (non-hydrogen) atoms. The lowest BCUT2D eigenvalue weighted by Gasteiger charge is -2.32. The molecule has 0 radical (unpaired) electrons. The second kappa shape index (κ2) is 7.46. The summed E-state index contributed by atoms with van der Waals surface area (Å²) in [7, 11) is 0. The van der Waals surface area contributed by atoms with Crippen molar-refractivity contribution in [3.8, 4) is 0 Å². The maximum Gasteiger partial charge on any atom is 0.0588 e. The summed E-state index contributed by atoms with van der Waals surface area (Å²) in [6, 6.07) is 1.38. The zero-order valence-electron chi connectivity index (χ0n) is 12.2. The molecule has 0 saturated carbocycles. The quantitative estimate of drug-likeness (QED) is 0.834. The van der Waals surface area contributed by atoms with Crippen LogP contribution in [-0.4, -0.2) is 49.3 Å². The van der Waals surface area contributed by atoms with Crippen molar-refractivity contribution < 1.29 is 4.74 Å². The van der Waals surface area contributed by atoms with Gasteiger partial charge in [-0.2, -0.15) is 0 Å². The van der Waals surface area contributed by atoms with Crippen LogP contribution in [0.1, 0.15) is 52.4 Å². The molecule has 1 N–H and O–H groups in total. The first-order chi connectivity index (χ1) is 8.78. The molecule has 0 aromatic carbocycles. The van der Waals surface area contributed by atoms with Crippen LogP contribution in [0.25, 0.3) is 0 Å². The second-order valence-corrected chi connectivity index (χ2v) is 6.02. The third kappa shape index (κ3) is 4.52. The van der Waals surface area contributed by atoms with Gasteiger partial charge in [0, 0.05) is 25.2 Å². The first-order valence-electron chi connectivity index (χ1n) is 7.88. The van der Waals surface area contributed by atoms with Crippen LogP contribution in [0.15, 0.2) is 0 Å². The average Bonchev–Trinajstić information content (AvgIpc) is 2.86. The summed E-state index contributed by atoms with van der Waals surface area (Å²) in [4.78, 5) is 2.65. The predicted molar refractivity (Wildman–Crippen MR) is 75.9 cm³/mol. The van der Waals surface area contributed by atoms with E-state index in [4.69, 9.17) is 4.74 Å². The highest BCUT2D eigenvalue weighted by atomic mass is 16.5. The van der Waals surface area contributed by atoms with Gasteiger partial charge in [0.25, 0.3) is 0 Å². The summed E-state index contributed by atoms with van der Waals surface area (Å²) in [5, 5.41) is 3.73. The second-order valence-electron chi connectivity index (χ2n) is 6.02. The molecule has 3 unspecified atom stereocenters. The minimum Gasteiger partial charge on any atom is -0.378 e. The van der Waals surface area contributed by atoms with Gasteiger partial charge in [0.05, 0.1) is 6.10 Å². The van der Waals surface area contributed by atoms with Crippen LogP contribution in [0, 0.1) is 0 Å². The zero-order chi connectivity index (χ0) is 12.8. The Morgan fingerprint density at radius 2 is 2.06 bits per heavy atom. The van der Waals surface area contributed by atoms with E-state index in [0.29, 0.717) is 18.2 Å². The molecule has 0 aromatic rings. The number of rotatable bonds is 4. The summed E-state index contributed by atoms with van der Waals surface area (Å²) < 4.78 is 5.72. The molecule has 106 valence electrons. The number of nitrogens with zero attached hydrogens (tertiary/aromatic N) is 1. The maximum absolute atomic E-state index is 5.72. The molecule has 2 fully saturated rings. The summed E-state index contributed by atoms with van der Waals surface area (Å²) in [6.07, 6.45) is 8.16. The van der Waals surface area contributed by atoms with Crippen molar-refractivity contribution in [2.45, 2.75) is 70.6 Å². The SMILES string of the molecule is CCC1CCN(CCC2CCCO2)CCC(C)N1. The van der Waals surface area contributed by atoms with E-state index in [1.807, 2.05) is 0 Å². The molecular weight excluding hydrogens is 224 g/mol. The highest BCUT2D eigenvalue weighted by Crippen LogP contribution is 2.17. The molecule has 0 amide bonds. The fourth-order valence-corrected chi connectivity index (χ4v) is 3.14. The molecule has 2 rings (SSSR count). The predicted octanol–water partition coefficient (Wildman–Crippen LogP) is 2.41. The van der Waals surface area contributed by atoms with Crippen LogP contribution in [0.4, 0.5) is 0 Å². The van der Waals surface area contributed by atoms with Crippen LogP contribution >= 0.6 is 0 Å². The first kappa shape index (κ1) is 14.3. The van der Waals surface area contributed by atoms with E-state index < -0.39 is 0 Å². The third-order valence-electron chi connectivity index (χ3n) is 4.48. The molecule has 0 aromatic heterocycles. The normalized spacial score (nSPS) is 35.3. The van der Waals surface area contributed by atoms with E-state index in [0.717, 1.165) is 6.61 Å². The van der Waals surface area contributed by atoms with Crippen molar-refractivity contribution in [3.05, 3.63) is 0 Å². The van der Waals surface area contributed by atoms with Gasteiger partial charge in [-0.3, -0.25) is 0 Å². The van der Waals surface area contributed by atoms with E-state index in [1.54, 1.807) is 0 Å². The topological polar surface area (TPSA) is 24.5 Å². The van der Waals surface area contributed by atoms with Gasteiger partial charge in [-0.25, -0.2) is 0 Å². The Hall–Kier alpha value is -0.120. The fraction of sp³-hybridized carbons (Fsp3) is 1.00. The smallest absolute Gasteiger partial charge is 0.0588 e. The van der Waals surface area contributed by atoms with Gasteiger partial charge >= 0.3 is 0 Å². The van der Waals surface area contributed by atoms with E-state index in [9.17, 15) is 0 Å². The van der Waals surface area contributed by atoms with Gasteiger partial charge in [0.2, 0.25) is 0 Å². The van der Waals surface area contributed by atoms with Crippen molar-refractivity contribution in [3.63, 3.8) is 0 Å². The molecular formula is C15H30N2O. The van der Waals surface area contributed by atoms with E-state index >= 15 is 0 Å². The van der Waals surface area contributed by atoms with Crippen LogP contribution in [0.5, 0.6) is 0 Å². The highest BCUT2D eigenvalue weighted by Gasteiger charge is 2.20. The van der Waals surface area contributed by atoms with Gasteiger partial charge in [0.15, 0.2) is 0 Å². The van der Waals surface area contributed by atoms with Crippen molar-refractivity contribution in [1.82, 2.24) is 10.2 Å². The Kier molecular flexibility index (Phi) is 5.93. The van der Waals surface area contributed by atoms with E-state index in [-0.39, 0.29) is 0 Å². The van der Waals surface area contributed by atoms with Crippen LogP contribution in [-0.2, 0) is 4.74 Å². The Labute approximate surface area is 112 Å². The Balaban J connectivity index is 1.72. The zero-order valence-corrected chi connectivity index (χ0v) is 12.2. The van der Waals surface area contributed by atoms with Crippen LogP contribution < -0.4 is 5.32 Å². The average molecular weight is 254 g/mol. The number of hydrogen-bond donors (Lipinski definition) is 1. The van der Waals surface area contributed by atoms with Gasteiger partial charge < -0.3 is 15.0 Å². The summed E-state index contributed by atoms with van der Waals surface area (Å²) in [6.45, 7) is 9.34. The molecule has 2 saturated heterocycles. The third-order valence-corrected chi connectivity index (χ3v) is 4.48. The highest BCUT2D eigenvalue weighted by molar-refractivity contribution is 4.78. The molecule has 3 nitrogen and oxygen atoms in total. The molecule has 0 bridgehead atoms. The maximum atomic E-state index is 5.72. The van der Waals surface area contributed by atoms with E-state index in [1.165, 1.54) is 58.2 Å². The number of hydrogen-bond acceptors (Lipinski definition) is 3. The molecule has 0 spiro atoms. The monoisotopic (exact) mass is 254 g/mol. The molecule has 0 aliphatic carbocycles. The summed E-state index contributed by atoms with van der Waals surface area (Å²) in [5.41, 5.74) is 0. The van der Waals surface area contributed by atoms with Crippen molar-refractivity contribution in [1.29, 1.82) is 0 Å². The molecule has 3 heteroatoms. The molecule has 3 atom stereocenters. The Morgan fingerprint density at radius 3 is 2.78 bits per heavy atom. The fourth-order valence-electron chi connectivity index (χ4n) is 3.14. The standard InChI is InChI=1S/C15H30N2O/c1-3-14-7-10-17(9-6-13(2)16-14)11-8-15-5-4-12-18-15/h13-16H,3-12H2,1-2H3. The van der Waals surface area contributed by atoms with Gasteiger partial charge in [-0.05, 0) is 58.5 Å². The van der Waals surface area contributed by atoms with Crippen molar-refractivity contribution in [2.24, 2.45) is 0 Å². The number of ether oxygens (including phenoxy) is 1. The Bertz CT molecular complexity index is 229. The van der Waals surface area contributed by atoms with Crippen molar-refractivity contribution >= 4 is 0 Å². The summed E-state index contributed by atoms with van der Waals surface area (Å²) in [5.74, 6) is 0. The minimum absolute atomic E-state index is 0.549. The summed E-state index contributed by atoms with van der Waals surface area (Å²) >= 11 is 0. The lowest BCUT2D eigenvalue weighted by molar-refractivity contribution is 0.0891. The molecule has 2 aliphatic rings. The van der Waals surface area contributed by atoms with Crippen molar-refractivity contribution in [2.75, 3.05) is 26.2 Å². The van der Waals surface area contributed by atoms with Gasteiger partial charge in [-0.15, -0.1) is 0 Å². The lowest BCUT2D eigenvalue weighted by Crippen LogP contribution is -2.44. The number of nitrogens with one attached hydrogen (secondary N) is 1. The largest absolute Gasteiger partial charge is 0.378 e. The van der Waals surface area contributed by atoms with Crippen LogP contribution in [0.3, 0.4) is 0 Å². The minimum atomic E-state index is 0.549. The van der Waals surface area contributed by atoms with Gasteiger partial charge in [-0.1, -0.05) is 6.92 Å². The van der Waals surface area contributed by atoms with Crippen LogP contribution in [0.2, 0.25) is 0 Å². The van der Waals surface area contributed by atoms with E-state index in [2.05, 4.69) is 24.1 Å². The Morgan fingerprint density at radius 1 is 1.22 bits per heavy atom.